The SMILES string of the molecule is COc1cc(C)c(C)cc1C(=O)C1CC(N)C1. The van der Waals surface area contributed by atoms with E-state index in [4.69, 9.17) is 10.5 Å². The molecule has 3 heteroatoms. The second-order valence-corrected chi connectivity index (χ2v) is 4.93. The summed E-state index contributed by atoms with van der Waals surface area (Å²) < 4.78 is 5.30. The number of aryl methyl sites for hydroxylation is 2. The quantitative estimate of drug-likeness (QED) is 0.814. The van der Waals surface area contributed by atoms with Gasteiger partial charge in [0.15, 0.2) is 5.78 Å². The standard InChI is InChI=1S/C14H19NO2/c1-8-4-12(13(17-3)5-9(8)2)14(16)10-6-11(15)7-10/h4-5,10-11H,6-7,15H2,1-3H3. The molecule has 0 heterocycles. The molecule has 2 N–H and O–H groups in total. The topological polar surface area (TPSA) is 52.3 Å². The van der Waals surface area contributed by atoms with Gasteiger partial charge in [0.1, 0.15) is 5.75 Å². The van der Waals surface area contributed by atoms with Crippen molar-refractivity contribution in [3.63, 3.8) is 0 Å². The van der Waals surface area contributed by atoms with E-state index < -0.39 is 0 Å². The summed E-state index contributed by atoms with van der Waals surface area (Å²) in [5.74, 6) is 0.936. The number of nitrogens with two attached hydrogens (primary N) is 1. The van der Waals surface area contributed by atoms with Crippen LogP contribution in [0.15, 0.2) is 12.1 Å². The molecule has 1 aliphatic carbocycles. The number of Topliss-reactive ketones (excluding diaryl/α,β-unsaturated/α-hetero) is 1. The van der Waals surface area contributed by atoms with Gasteiger partial charge in [-0.1, -0.05) is 0 Å². The van der Waals surface area contributed by atoms with Gasteiger partial charge in [-0.15, -0.1) is 0 Å². The van der Waals surface area contributed by atoms with Gasteiger partial charge in [-0.25, -0.2) is 0 Å². The average molecular weight is 233 g/mol. The first-order chi connectivity index (χ1) is 8.02. The van der Waals surface area contributed by atoms with Gasteiger partial charge in [-0.05, 0) is 49.9 Å². The van der Waals surface area contributed by atoms with Crippen LogP contribution in [-0.2, 0) is 0 Å². The van der Waals surface area contributed by atoms with Gasteiger partial charge in [0, 0.05) is 12.0 Å². The second-order valence-electron chi connectivity index (χ2n) is 4.93. The summed E-state index contributed by atoms with van der Waals surface area (Å²) in [6, 6.07) is 4.06. The van der Waals surface area contributed by atoms with Gasteiger partial charge in [0.05, 0.1) is 12.7 Å². The number of hydrogen-bond acceptors (Lipinski definition) is 3. The van der Waals surface area contributed by atoms with Crippen molar-refractivity contribution in [1.29, 1.82) is 0 Å². The van der Waals surface area contributed by atoms with Crippen LogP contribution in [0.25, 0.3) is 0 Å². The molecular weight excluding hydrogens is 214 g/mol. The van der Waals surface area contributed by atoms with Gasteiger partial charge in [0.25, 0.3) is 0 Å². The molecule has 2 rings (SSSR count). The molecule has 0 bridgehead atoms. The molecule has 1 aromatic carbocycles. The Morgan fingerprint density at radius 3 is 2.41 bits per heavy atom. The fourth-order valence-electron chi connectivity index (χ4n) is 2.25. The summed E-state index contributed by atoms with van der Waals surface area (Å²) in [5, 5.41) is 0. The van der Waals surface area contributed by atoms with E-state index in [1.807, 2.05) is 26.0 Å². The van der Waals surface area contributed by atoms with E-state index in [1.54, 1.807) is 7.11 Å². The monoisotopic (exact) mass is 233 g/mol. The van der Waals surface area contributed by atoms with Gasteiger partial charge >= 0.3 is 0 Å². The summed E-state index contributed by atoms with van der Waals surface area (Å²) in [7, 11) is 1.60. The minimum Gasteiger partial charge on any atom is -0.496 e. The molecule has 0 spiro atoms. The summed E-state index contributed by atoms with van der Waals surface area (Å²) >= 11 is 0. The normalized spacial score (nSPS) is 23.1. The third kappa shape index (κ3) is 2.20. The van der Waals surface area contributed by atoms with Crippen LogP contribution >= 0.6 is 0 Å². The van der Waals surface area contributed by atoms with Crippen molar-refractivity contribution in [3.05, 3.63) is 28.8 Å². The second kappa shape index (κ2) is 4.49. The Morgan fingerprint density at radius 2 is 1.88 bits per heavy atom. The lowest BCUT2D eigenvalue weighted by Gasteiger charge is -2.31. The molecule has 1 saturated carbocycles. The van der Waals surface area contributed by atoms with Gasteiger partial charge in [-0.2, -0.15) is 0 Å². The van der Waals surface area contributed by atoms with E-state index in [2.05, 4.69) is 0 Å². The maximum Gasteiger partial charge on any atom is 0.169 e. The van der Waals surface area contributed by atoms with Crippen molar-refractivity contribution >= 4 is 5.78 Å². The van der Waals surface area contributed by atoms with Gasteiger partial charge in [-0.3, -0.25) is 4.79 Å². The van der Waals surface area contributed by atoms with E-state index >= 15 is 0 Å². The minimum absolute atomic E-state index is 0.0843. The Morgan fingerprint density at radius 1 is 1.29 bits per heavy atom. The molecule has 0 amide bonds. The first-order valence-corrected chi connectivity index (χ1v) is 5.98. The Balaban J connectivity index is 2.30. The summed E-state index contributed by atoms with van der Waals surface area (Å²) in [6.45, 7) is 4.03. The Bertz CT molecular complexity index is 448. The summed E-state index contributed by atoms with van der Waals surface area (Å²) in [5.41, 5.74) is 8.69. The highest BCUT2D eigenvalue weighted by molar-refractivity contribution is 6.01. The van der Waals surface area contributed by atoms with Crippen LogP contribution in [0.4, 0.5) is 0 Å². The van der Waals surface area contributed by atoms with Crippen LogP contribution < -0.4 is 10.5 Å². The molecule has 0 atom stereocenters. The number of hydrogen-bond donors (Lipinski definition) is 1. The number of carbonyl (C=O) groups excluding carboxylic acids is 1. The zero-order valence-electron chi connectivity index (χ0n) is 10.6. The molecule has 1 aliphatic rings. The molecule has 1 fully saturated rings. The summed E-state index contributed by atoms with van der Waals surface area (Å²) in [4.78, 5) is 12.3. The van der Waals surface area contributed by atoms with E-state index in [0.29, 0.717) is 11.3 Å². The number of rotatable bonds is 3. The number of ketones is 1. The van der Waals surface area contributed by atoms with Crippen molar-refractivity contribution in [3.8, 4) is 5.75 Å². The average Bonchev–Trinajstić information content (AvgIpc) is 2.27. The smallest absolute Gasteiger partial charge is 0.169 e. The highest BCUT2D eigenvalue weighted by atomic mass is 16.5. The van der Waals surface area contributed by atoms with Crippen molar-refractivity contribution in [2.75, 3.05) is 7.11 Å². The lowest BCUT2D eigenvalue weighted by molar-refractivity contribution is 0.0829. The third-order valence-corrected chi connectivity index (χ3v) is 3.63. The molecule has 92 valence electrons. The van der Waals surface area contributed by atoms with Crippen molar-refractivity contribution < 1.29 is 9.53 Å². The van der Waals surface area contributed by atoms with E-state index in [9.17, 15) is 4.79 Å². The van der Waals surface area contributed by atoms with Crippen LogP contribution in [-0.4, -0.2) is 18.9 Å². The highest BCUT2D eigenvalue weighted by Gasteiger charge is 2.33. The van der Waals surface area contributed by atoms with Crippen LogP contribution in [0.5, 0.6) is 5.75 Å². The van der Waals surface area contributed by atoms with Crippen LogP contribution in [0.1, 0.15) is 34.3 Å². The maximum absolute atomic E-state index is 12.3. The molecular formula is C14H19NO2. The third-order valence-electron chi connectivity index (χ3n) is 3.63. The van der Waals surface area contributed by atoms with E-state index in [-0.39, 0.29) is 17.7 Å². The van der Waals surface area contributed by atoms with E-state index in [1.165, 1.54) is 0 Å². The fourth-order valence-corrected chi connectivity index (χ4v) is 2.25. The first kappa shape index (κ1) is 12.1. The Kier molecular flexibility index (Phi) is 3.20. The molecule has 0 radical (unpaired) electrons. The number of ether oxygens (including phenoxy) is 1. The lowest BCUT2D eigenvalue weighted by atomic mass is 9.76. The molecule has 0 aromatic heterocycles. The zero-order valence-corrected chi connectivity index (χ0v) is 10.6. The Hall–Kier alpha value is -1.35. The predicted molar refractivity (Wildman–Crippen MR) is 67.5 cm³/mol. The largest absolute Gasteiger partial charge is 0.496 e. The molecule has 0 unspecified atom stereocenters. The Labute approximate surface area is 102 Å². The van der Waals surface area contributed by atoms with Crippen molar-refractivity contribution in [2.24, 2.45) is 11.7 Å². The number of carbonyl (C=O) groups is 1. The zero-order chi connectivity index (χ0) is 12.6. The summed E-state index contributed by atoms with van der Waals surface area (Å²) in [6.07, 6.45) is 1.60. The van der Waals surface area contributed by atoms with Gasteiger partial charge in [0.2, 0.25) is 0 Å². The molecule has 0 saturated heterocycles. The molecule has 3 nitrogen and oxygen atoms in total. The van der Waals surface area contributed by atoms with Crippen LogP contribution in [0, 0.1) is 19.8 Å². The number of methoxy groups -OCH3 is 1. The van der Waals surface area contributed by atoms with Crippen LogP contribution in [0.3, 0.4) is 0 Å². The number of benzene rings is 1. The minimum atomic E-state index is 0.0843. The molecule has 17 heavy (non-hydrogen) atoms. The highest BCUT2D eigenvalue weighted by Crippen LogP contribution is 2.33. The fraction of sp³-hybridized carbons (Fsp3) is 0.500. The molecule has 0 aliphatic heterocycles. The van der Waals surface area contributed by atoms with Gasteiger partial charge < -0.3 is 10.5 Å². The van der Waals surface area contributed by atoms with Crippen molar-refractivity contribution in [2.45, 2.75) is 32.7 Å². The first-order valence-electron chi connectivity index (χ1n) is 5.98. The van der Waals surface area contributed by atoms with Crippen LogP contribution in [0.2, 0.25) is 0 Å². The maximum atomic E-state index is 12.3. The van der Waals surface area contributed by atoms with Crippen molar-refractivity contribution in [1.82, 2.24) is 0 Å². The lowest BCUT2D eigenvalue weighted by Crippen LogP contribution is -2.40. The predicted octanol–water partition coefficient (Wildman–Crippen LogP) is 2.23. The molecule has 1 aromatic rings. The van der Waals surface area contributed by atoms with E-state index in [0.717, 1.165) is 24.0 Å².